The van der Waals surface area contributed by atoms with Gasteiger partial charge in [0.05, 0.1) is 0 Å². The van der Waals surface area contributed by atoms with E-state index in [-0.39, 0.29) is 0 Å². The molecule has 3 nitrogen and oxygen atoms in total. The van der Waals surface area contributed by atoms with Gasteiger partial charge in [0.2, 0.25) is 5.13 Å². The van der Waals surface area contributed by atoms with Crippen LogP contribution in [0.3, 0.4) is 0 Å². The highest BCUT2D eigenvalue weighted by molar-refractivity contribution is 7.80. The van der Waals surface area contributed by atoms with E-state index in [9.17, 15) is 0 Å². The van der Waals surface area contributed by atoms with Gasteiger partial charge in [0.15, 0.2) is 0 Å². The Balaban J connectivity index is 2.42. The van der Waals surface area contributed by atoms with E-state index < -0.39 is 0 Å². The van der Waals surface area contributed by atoms with Crippen molar-refractivity contribution in [3.8, 4) is 0 Å². The van der Waals surface area contributed by atoms with Crippen LogP contribution in [0.15, 0.2) is 0 Å². The molecule has 0 bridgehead atoms. The van der Waals surface area contributed by atoms with Crippen molar-refractivity contribution in [3.05, 3.63) is 5.01 Å². The molecule has 1 aromatic rings. The molecule has 1 heterocycles. The molecule has 10 heavy (non-hydrogen) atoms. The fourth-order valence-corrected chi connectivity index (χ4v) is 1.41. The Kier molecular flexibility index (Phi) is 2.95. The molecule has 0 radical (unpaired) electrons. The summed E-state index contributed by atoms with van der Waals surface area (Å²) in [6.45, 7) is 0. The van der Waals surface area contributed by atoms with Crippen LogP contribution in [-0.2, 0) is 6.42 Å². The first-order chi connectivity index (χ1) is 4.83. The smallest absolute Gasteiger partial charge is 0.203 e. The third-order valence-corrected chi connectivity index (χ3v) is 2.16. The van der Waals surface area contributed by atoms with Crippen LogP contribution in [0.25, 0.3) is 0 Å². The Bertz CT molecular complexity index is 199. The Morgan fingerprint density at radius 2 is 2.30 bits per heavy atom. The SMILES string of the molecule is Nc1nnc(CCCS)s1. The molecule has 0 aliphatic heterocycles. The maximum absolute atomic E-state index is 5.38. The fraction of sp³-hybridized carbons (Fsp3) is 0.600. The highest BCUT2D eigenvalue weighted by atomic mass is 32.1. The minimum Gasteiger partial charge on any atom is -0.374 e. The van der Waals surface area contributed by atoms with Gasteiger partial charge in [0.1, 0.15) is 5.01 Å². The van der Waals surface area contributed by atoms with E-state index in [4.69, 9.17) is 5.73 Å². The van der Waals surface area contributed by atoms with E-state index in [2.05, 4.69) is 22.8 Å². The number of rotatable bonds is 3. The fourth-order valence-electron chi connectivity index (χ4n) is 0.598. The number of aromatic nitrogens is 2. The van der Waals surface area contributed by atoms with Crippen molar-refractivity contribution in [2.24, 2.45) is 0 Å². The van der Waals surface area contributed by atoms with Crippen molar-refractivity contribution < 1.29 is 0 Å². The van der Waals surface area contributed by atoms with Crippen LogP contribution >= 0.6 is 24.0 Å². The van der Waals surface area contributed by atoms with Crippen molar-refractivity contribution in [2.45, 2.75) is 12.8 Å². The number of thiol groups is 1. The molecule has 1 rings (SSSR count). The quantitative estimate of drug-likeness (QED) is 0.673. The number of aryl methyl sites for hydroxylation is 1. The molecular weight excluding hydrogens is 166 g/mol. The Morgan fingerprint density at radius 1 is 1.50 bits per heavy atom. The van der Waals surface area contributed by atoms with Crippen molar-refractivity contribution in [1.29, 1.82) is 0 Å². The number of hydrogen-bond acceptors (Lipinski definition) is 5. The zero-order chi connectivity index (χ0) is 7.40. The lowest BCUT2D eigenvalue weighted by Gasteiger charge is -1.87. The summed E-state index contributed by atoms with van der Waals surface area (Å²) in [5.74, 6) is 0.888. The maximum atomic E-state index is 5.38. The average Bonchev–Trinajstić information content (AvgIpc) is 2.31. The highest BCUT2D eigenvalue weighted by Crippen LogP contribution is 2.12. The Labute approximate surface area is 69.1 Å². The van der Waals surface area contributed by atoms with Crippen molar-refractivity contribution in [1.82, 2.24) is 10.2 Å². The summed E-state index contributed by atoms with van der Waals surface area (Å²) in [4.78, 5) is 0. The van der Waals surface area contributed by atoms with Crippen molar-refractivity contribution >= 4 is 29.1 Å². The van der Waals surface area contributed by atoms with E-state index in [0.29, 0.717) is 5.13 Å². The molecule has 0 unspecified atom stereocenters. The van der Waals surface area contributed by atoms with Crippen LogP contribution in [0.1, 0.15) is 11.4 Å². The van der Waals surface area contributed by atoms with E-state index in [1.54, 1.807) is 0 Å². The van der Waals surface area contributed by atoms with Gasteiger partial charge in [-0.05, 0) is 12.2 Å². The predicted octanol–water partition coefficient (Wildman–Crippen LogP) is 0.983. The van der Waals surface area contributed by atoms with Crippen molar-refractivity contribution in [3.63, 3.8) is 0 Å². The summed E-state index contributed by atoms with van der Waals surface area (Å²) in [5.41, 5.74) is 5.38. The molecule has 0 aliphatic carbocycles. The molecule has 0 aliphatic rings. The van der Waals surface area contributed by atoms with Gasteiger partial charge in [-0.3, -0.25) is 0 Å². The monoisotopic (exact) mass is 175 g/mol. The zero-order valence-electron chi connectivity index (χ0n) is 5.45. The molecule has 0 spiro atoms. The summed E-state index contributed by atoms with van der Waals surface area (Å²) in [6, 6.07) is 0. The number of nitrogens with zero attached hydrogens (tertiary/aromatic N) is 2. The van der Waals surface area contributed by atoms with Crippen molar-refractivity contribution in [2.75, 3.05) is 11.5 Å². The standard InChI is InChI=1S/C5H9N3S2/c6-5-8-7-4(10-5)2-1-3-9/h9H,1-3H2,(H2,6,8). The van der Waals surface area contributed by atoms with Crippen LogP contribution in [0, 0.1) is 0 Å². The van der Waals surface area contributed by atoms with Crippen LogP contribution < -0.4 is 5.73 Å². The predicted molar refractivity (Wildman–Crippen MR) is 46.5 cm³/mol. The molecule has 0 saturated carbocycles. The van der Waals surface area contributed by atoms with Gasteiger partial charge >= 0.3 is 0 Å². The van der Waals surface area contributed by atoms with Gasteiger partial charge < -0.3 is 5.73 Å². The molecule has 0 aromatic carbocycles. The third-order valence-electron chi connectivity index (χ3n) is 1.03. The lowest BCUT2D eigenvalue weighted by atomic mass is 10.4. The topological polar surface area (TPSA) is 51.8 Å². The average molecular weight is 175 g/mol. The first-order valence-corrected chi connectivity index (χ1v) is 4.46. The number of nitrogen functional groups attached to an aromatic ring is 1. The van der Waals surface area contributed by atoms with Crippen LogP contribution in [0.2, 0.25) is 0 Å². The highest BCUT2D eigenvalue weighted by Gasteiger charge is 1.98. The molecular formula is C5H9N3S2. The lowest BCUT2D eigenvalue weighted by Crippen LogP contribution is -1.84. The Morgan fingerprint density at radius 3 is 2.80 bits per heavy atom. The van der Waals surface area contributed by atoms with Gasteiger partial charge in [0.25, 0.3) is 0 Å². The van der Waals surface area contributed by atoms with E-state index >= 15 is 0 Å². The van der Waals surface area contributed by atoms with E-state index in [1.165, 1.54) is 11.3 Å². The lowest BCUT2D eigenvalue weighted by molar-refractivity contribution is 0.889. The van der Waals surface area contributed by atoms with Crippen LogP contribution in [-0.4, -0.2) is 16.0 Å². The third kappa shape index (κ3) is 2.15. The zero-order valence-corrected chi connectivity index (χ0v) is 7.16. The molecule has 0 atom stereocenters. The number of nitrogens with two attached hydrogens (primary N) is 1. The molecule has 5 heteroatoms. The molecule has 0 saturated heterocycles. The summed E-state index contributed by atoms with van der Waals surface area (Å²) >= 11 is 5.53. The van der Waals surface area contributed by atoms with Gasteiger partial charge in [-0.1, -0.05) is 11.3 Å². The largest absolute Gasteiger partial charge is 0.374 e. The number of hydrogen-bond donors (Lipinski definition) is 2. The molecule has 1 aromatic heterocycles. The second-order valence-corrected chi connectivity index (χ2v) is 3.40. The molecule has 0 fully saturated rings. The maximum Gasteiger partial charge on any atom is 0.203 e. The molecule has 0 amide bonds. The summed E-state index contributed by atoms with van der Waals surface area (Å²) in [6.07, 6.45) is 1.98. The first kappa shape index (κ1) is 7.81. The summed E-state index contributed by atoms with van der Waals surface area (Å²) in [7, 11) is 0. The van der Waals surface area contributed by atoms with E-state index in [0.717, 1.165) is 23.6 Å². The Hall–Kier alpha value is -0.290. The first-order valence-electron chi connectivity index (χ1n) is 3.01. The van der Waals surface area contributed by atoms with E-state index in [1.807, 2.05) is 0 Å². The van der Waals surface area contributed by atoms with Crippen LogP contribution in [0.4, 0.5) is 5.13 Å². The number of anilines is 1. The minimum absolute atomic E-state index is 0.550. The second kappa shape index (κ2) is 3.78. The normalized spacial score (nSPS) is 10.1. The second-order valence-electron chi connectivity index (χ2n) is 1.86. The summed E-state index contributed by atoms with van der Waals surface area (Å²) in [5, 5.41) is 9.11. The van der Waals surface area contributed by atoms with Gasteiger partial charge in [0, 0.05) is 6.42 Å². The van der Waals surface area contributed by atoms with Crippen LogP contribution in [0.5, 0.6) is 0 Å². The summed E-state index contributed by atoms with van der Waals surface area (Å²) < 4.78 is 0. The molecule has 56 valence electrons. The van der Waals surface area contributed by atoms with Gasteiger partial charge in [-0.2, -0.15) is 12.6 Å². The minimum atomic E-state index is 0.550. The molecule has 2 N–H and O–H groups in total. The van der Waals surface area contributed by atoms with Gasteiger partial charge in [-0.25, -0.2) is 0 Å². The van der Waals surface area contributed by atoms with Gasteiger partial charge in [-0.15, -0.1) is 10.2 Å².